The van der Waals surface area contributed by atoms with Gasteiger partial charge in [0, 0.05) is 34.0 Å². The highest BCUT2D eigenvalue weighted by Gasteiger charge is 2.42. The average molecular weight is 465 g/mol. The second-order valence-corrected chi connectivity index (χ2v) is 6.99. The van der Waals surface area contributed by atoms with Crippen molar-refractivity contribution < 1.29 is 22.8 Å². The Labute approximate surface area is 170 Å². The van der Waals surface area contributed by atoms with Crippen molar-refractivity contribution in [2.75, 3.05) is 0 Å². The second-order valence-electron chi connectivity index (χ2n) is 6.13. The van der Waals surface area contributed by atoms with Gasteiger partial charge < -0.3 is 4.84 Å². The van der Waals surface area contributed by atoms with Crippen LogP contribution in [0.25, 0.3) is 22.2 Å². The average Bonchev–Trinajstić information content (AvgIpc) is 3.30. The van der Waals surface area contributed by atoms with E-state index in [9.17, 15) is 18.0 Å². The predicted octanol–water partition coefficient (Wildman–Crippen LogP) is 4.23. The minimum absolute atomic E-state index is 0.0960. The van der Waals surface area contributed by atoms with Crippen LogP contribution in [0.5, 0.6) is 0 Å². The highest BCUT2D eigenvalue weighted by Crippen LogP contribution is 2.28. The van der Waals surface area contributed by atoms with Gasteiger partial charge in [0.05, 0.1) is 12.7 Å². The minimum atomic E-state index is -5.10. The second kappa shape index (κ2) is 7.36. The Morgan fingerprint density at radius 3 is 2.72 bits per heavy atom. The van der Waals surface area contributed by atoms with Gasteiger partial charge in [0.1, 0.15) is 0 Å². The van der Waals surface area contributed by atoms with Crippen molar-refractivity contribution in [1.82, 2.24) is 19.5 Å². The summed E-state index contributed by atoms with van der Waals surface area (Å²) in [5, 5.41) is 4.89. The van der Waals surface area contributed by atoms with Crippen LogP contribution in [0.1, 0.15) is 5.56 Å². The first-order valence-corrected chi connectivity index (χ1v) is 9.14. The van der Waals surface area contributed by atoms with E-state index < -0.39 is 12.1 Å². The standard InChI is InChI=1S/C19H12BrF3N4O2/c20-16-4-2-1-3-12(16)10-26-11-13(9-25-26)14-5-7-24-17-15(14)6-8-27(17)29-18(28)19(21,22)23/h1-9,11H,10H2. The van der Waals surface area contributed by atoms with Crippen molar-refractivity contribution in [2.24, 2.45) is 0 Å². The molecule has 0 bridgehead atoms. The molecule has 0 atom stereocenters. The molecule has 0 saturated heterocycles. The lowest BCUT2D eigenvalue weighted by molar-refractivity contribution is -0.199. The Balaban J connectivity index is 1.65. The van der Waals surface area contributed by atoms with Crippen LogP contribution in [0.15, 0.2) is 65.7 Å². The fourth-order valence-corrected chi connectivity index (χ4v) is 3.28. The SMILES string of the molecule is O=C(On1ccc2c(-c3cnn(Cc4ccccc4Br)c3)ccnc21)C(F)(F)F. The molecule has 0 radical (unpaired) electrons. The van der Waals surface area contributed by atoms with Crippen LogP contribution >= 0.6 is 15.9 Å². The van der Waals surface area contributed by atoms with Gasteiger partial charge in [-0.05, 0) is 29.3 Å². The number of nitrogens with zero attached hydrogens (tertiary/aromatic N) is 4. The summed E-state index contributed by atoms with van der Waals surface area (Å²) in [6, 6.07) is 11.0. The van der Waals surface area contributed by atoms with E-state index in [0.29, 0.717) is 22.2 Å². The number of carbonyl (C=O) groups is 1. The number of rotatable bonds is 4. The molecule has 4 rings (SSSR count). The topological polar surface area (TPSA) is 61.9 Å². The lowest BCUT2D eigenvalue weighted by atomic mass is 10.1. The molecule has 0 aliphatic carbocycles. The molecular weight excluding hydrogens is 453 g/mol. The summed E-state index contributed by atoms with van der Waals surface area (Å²) in [4.78, 5) is 19.5. The quantitative estimate of drug-likeness (QED) is 0.453. The first-order valence-electron chi connectivity index (χ1n) is 8.35. The highest BCUT2D eigenvalue weighted by molar-refractivity contribution is 9.10. The summed E-state index contributed by atoms with van der Waals surface area (Å²) in [5.74, 6) is -2.32. The van der Waals surface area contributed by atoms with Gasteiger partial charge >= 0.3 is 12.1 Å². The van der Waals surface area contributed by atoms with E-state index >= 15 is 0 Å². The van der Waals surface area contributed by atoms with Crippen molar-refractivity contribution in [3.05, 3.63) is 71.2 Å². The maximum absolute atomic E-state index is 12.5. The zero-order chi connectivity index (χ0) is 20.6. The van der Waals surface area contributed by atoms with Gasteiger partial charge in [-0.2, -0.15) is 23.0 Å². The minimum Gasteiger partial charge on any atom is -0.326 e. The third kappa shape index (κ3) is 3.88. The monoisotopic (exact) mass is 464 g/mol. The Morgan fingerprint density at radius 1 is 1.17 bits per heavy atom. The summed E-state index contributed by atoms with van der Waals surface area (Å²) in [6.07, 6.45) is 1.04. The first-order chi connectivity index (χ1) is 13.8. The maximum Gasteiger partial charge on any atom is 0.493 e. The van der Waals surface area contributed by atoms with Gasteiger partial charge in [0.25, 0.3) is 0 Å². The van der Waals surface area contributed by atoms with Crippen LogP contribution in [0.2, 0.25) is 0 Å². The molecule has 0 N–H and O–H groups in total. The third-order valence-electron chi connectivity index (χ3n) is 4.20. The summed E-state index contributed by atoms with van der Waals surface area (Å²) >= 11 is 3.50. The predicted molar refractivity (Wildman–Crippen MR) is 102 cm³/mol. The summed E-state index contributed by atoms with van der Waals surface area (Å²) in [6.45, 7) is 0.542. The molecule has 0 unspecified atom stereocenters. The van der Waals surface area contributed by atoms with Gasteiger partial charge in [-0.25, -0.2) is 9.78 Å². The van der Waals surface area contributed by atoms with E-state index in [2.05, 4.69) is 30.9 Å². The number of carbonyl (C=O) groups excluding carboxylic acids is 1. The number of halogens is 4. The summed E-state index contributed by atoms with van der Waals surface area (Å²) < 4.78 is 40.8. The van der Waals surface area contributed by atoms with Crippen LogP contribution in [0, 0.1) is 0 Å². The van der Waals surface area contributed by atoms with Gasteiger partial charge in [0.15, 0.2) is 5.65 Å². The molecule has 4 aromatic rings. The van der Waals surface area contributed by atoms with Crippen LogP contribution in [0.4, 0.5) is 13.2 Å². The molecule has 29 heavy (non-hydrogen) atoms. The van der Waals surface area contributed by atoms with E-state index in [-0.39, 0.29) is 5.65 Å². The number of hydrogen-bond donors (Lipinski definition) is 0. The third-order valence-corrected chi connectivity index (χ3v) is 4.98. The summed E-state index contributed by atoms with van der Waals surface area (Å²) in [5.41, 5.74) is 2.60. The number of benzene rings is 1. The largest absolute Gasteiger partial charge is 0.493 e. The van der Waals surface area contributed by atoms with Crippen molar-refractivity contribution >= 4 is 32.9 Å². The Bertz CT molecular complexity index is 1200. The van der Waals surface area contributed by atoms with Gasteiger partial charge in [-0.3, -0.25) is 4.68 Å². The fourth-order valence-electron chi connectivity index (χ4n) is 2.87. The number of fused-ring (bicyclic) bond motifs is 1. The van der Waals surface area contributed by atoms with Crippen LogP contribution in [-0.4, -0.2) is 31.6 Å². The fraction of sp³-hybridized carbons (Fsp3) is 0.105. The number of alkyl halides is 3. The van der Waals surface area contributed by atoms with Crippen molar-refractivity contribution in [3.8, 4) is 11.1 Å². The number of pyridine rings is 1. The van der Waals surface area contributed by atoms with Crippen LogP contribution in [-0.2, 0) is 11.3 Å². The molecule has 0 aliphatic heterocycles. The molecular formula is C19H12BrF3N4O2. The first kappa shape index (κ1) is 19.2. The molecule has 0 amide bonds. The van der Waals surface area contributed by atoms with E-state index in [1.807, 2.05) is 30.5 Å². The molecule has 0 spiro atoms. The van der Waals surface area contributed by atoms with Crippen LogP contribution in [0.3, 0.4) is 0 Å². The Hall–Kier alpha value is -3.14. The van der Waals surface area contributed by atoms with E-state index in [4.69, 9.17) is 0 Å². The molecule has 0 aliphatic rings. The molecule has 0 saturated carbocycles. The Kier molecular flexibility index (Phi) is 4.87. The van der Waals surface area contributed by atoms with E-state index in [0.717, 1.165) is 15.6 Å². The number of hydrogen-bond acceptors (Lipinski definition) is 4. The van der Waals surface area contributed by atoms with Crippen molar-refractivity contribution in [3.63, 3.8) is 0 Å². The molecule has 10 heteroatoms. The van der Waals surface area contributed by atoms with E-state index in [1.165, 1.54) is 18.5 Å². The molecule has 3 aromatic heterocycles. The highest BCUT2D eigenvalue weighted by atomic mass is 79.9. The van der Waals surface area contributed by atoms with Crippen LogP contribution < -0.4 is 4.84 Å². The Morgan fingerprint density at radius 2 is 1.97 bits per heavy atom. The zero-order valence-electron chi connectivity index (χ0n) is 14.6. The van der Waals surface area contributed by atoms with Gasteiger partial charge in [0.2, 0.25) is 0 Å². The van der Waals surface area contributed by atoms with Crippen molar-refractivity contribution in [1.29, 1.82) is 0 Å². The molecule has 0 fully saturated rings. The maximum atomic E-state index is 12.5. The van der Waals surface area contributed by atoms with Gasteiger partial charge in [-0.1, -0.05) is 34.1 Å². The molecule has 6 nitrogen and oxygen atoms in total. The lowest BCUT2D eigenvalue weighted by Crippen LogP contribution is -2.33. The molecule has 3 heterocycles. The lowest BCUT2D eigenvalue weighted by Gasteiger charge is -2.08. The summed E-state index contributed by atoms with van der Waals surface area (Å²) in [7, 11) is 0. The molecule has 1 aromatic carbocycles. The van der Waals surface area contributed by atoms with E-state index in [1.54, 1.807) is 16.9 Å². The van der Waals surface area contributed by atoms with Crippen molar-refractivity contribution in [2.45, 2.75) is 12.7 Å². The normalized spacial score (nSPS) is 11.7. The molecule has 148 valence electrons. The van der Waals surface area contributed by atoms with Gasteiger partial charge in [-0.15, -0.1) is 0 Å². The smallest absolute Gasteiger partial charge is 0.326 e. The zero-order valence-corrected chi connectivity index (χ0v) is 16.2. The number of aromatic nitrogens is 4.